The van der Waals surface area contributed by atoms with Gasteiger partial charge in [-0.15, -0.1) is 0 Å². The van der Waals surface area contributed by atoms with Crippen LogP contribution in [0.15, 0.2) is 61.1 Å². The number of ether oxygens (including phenoxy) is 1. The highest BCUT2D eigenvalue weighted by molar-refractivity contribution is 5.92. The van der Waals surface area contributed by atoms with E-state index in [-0.39, 0.29) is 24.8 Å². The molecule has 0 spiro atoms. The molecule has 7 nitrogen and oxygen atoms in total. The summed E-state index contributed by atoms with van der Waals surface area (Å²) >= 11 is 0. The van der Waals surface area contributed by atoms with Crippen LogP contribution in [0.4, 0.5) is 5.69 Å². The third-order valence-corrected chi connectivity index (χ3v) is 3.06. The molecule has 0 aliphatic rings. The maximum atomic E-state index is 11.8. The number of aryl methyl sites for hydroxylation is 1. The highest BCUT2D eigenvalue weighted by Gasteiger charge is 2.07. The van der Waals surface area contributed by atoms with Crippen LogP contribution in [-0.2, 0) is 9.59 Å². The molecule has 1 aromatic heterocycles. The van der Waals surface area contributed by atoms with Crippen LogP contribution in [0, 0.1) is 6.92 Å². The summed E-state index contributed by atoms with van der Waals surface area (Å²) in [6, 6.07) is 10.8. The van der Waals surface area contributed by atoms with Crippen molar-refractivity contribution in [2.45, 2.75) is 13.3 Å². The molecule has 2 amide bonds. The molecule has 0 unspecified atom stereocenters. The number of benzene rings is 1. The van der Waals surface area contributed by atoms with Gasteiger partial charge in [-0.25, -0.2) is 0 Å². The van der Waals surface area contributed by atoms with Crippen LogP contribution in [0.2, 0.25) is 0 Å². The number of rotatable bonds is 8. The first kappa shape index (κ1) is 18.0. The molecule has 1 aromatic carbocycles. The molecular formula is C18H20N4O3. The maximum Gasteiger partial charge on any atom is 0.276 e. The van der Waals surface area contributed by atoms with E-state index in [4.69, 9.17) is 4.74 Å². The first-order chi connectivity index (χ1) is 12.0. The zero-order valence-electron chi connectivity index (χ0n) is 13.9. The Morgan fingerprint density at radius 3 is 2.72 bits per heavy atom. The minimum atomic E-state index is -0.379. The Morgan fingerprint density at radius 1 is 1.16 bits per heavy atom. The highest BCUT2D eigenvalue weighted by Crippen LogP contribution is 2.11. The van der Waals surface area contributed by atoms with E-state index in [0.29, 0.717) is 17.1 Å². The molecule has 0 saturated heterocycles. The van der Waals surface area contributed by atoms with E-state index in [9.17, 15) is 9.59 Å². The summed E-state index contributed by atoms with van der Waals surface area (Å²) in [6.07, 6.45) is 3.16. The van der Waals surface area contributed by atoms with Crippen LogP contribution in [0.1, 0.15) is 12.0 Å². The molecule has 0 aliphatic heterocycles. The smallest absolute Gasteiger partial charge is 0.276 e. The second-order valence-corrected chi connectivity index (χ2v) is 5.35. The van der Waals surface area contributed by atoms with E-state index >= 15 is 0 Å². The van der Waals surface area contributed by atoms with E-state index in [1.54, 1.807) is 30.6 Å². The number of carbonyl (C=O) groups excluding carboxylic acids is 2. The second-order valence-electron chi connectivity index (χ2n) is 5.35. The first-order valence-corrected chi connectivity index (χ1v) is 7.65. The van der Waals surface area contributed by atoms with Crippen LogP contribution in [0.3, 0.4) is 0 Å². The molecule has 25 heavy (non-hydrogen) atoms. The molecule has 0 aliphatic carbocycles. The molecule has 0 radical (unpaired) electrons. The van der Waals surface area contributed by atoms with Gasteiger partial charge in [0.05, 0.1) is 18.3 Å². The Bertz CT molecular complexity index is 747. The van der Waals surface area contributed by atoms with Crippen molar-refractivity contribution in [3.8, 4) is 5.75 Å². The van der Waals surface area contributed by atoms with Crippen molar-refractivity contribution in [1.29, 1.82) is 0 Å². The lowest BCUT2D eigenvalue weighted by Crippen LogP contribution is -2.40. The Balaban J connectivity index is 1.67. The molecule has 1 heterocycles. The molecule has 0 fully saturated rings. The molecule has 3 N–H and O–H groups in total. The summed E-state index contributed by atoms with van der Waals surface area (Å²) in [5.41, 5.74) is 7.02. The Labute approximate surface area is 146 Å². The van der Waals surface area contributed by atoms with Crippen LogP contribution >= 0.6 is 0 Å². The number of anilines is 1. The van der Waals surface area contributed by atoms with Gasteiger partial charge in [0, 0.05) is 11.9 Å². The lowest BCUT2D eigenvalue weighted by molar-refractivity contribution is -0.124. The predicted molar refractivity (Wildman–Crippen MR) is 94.6 cm³/mol. The van der Waals surface area contributed by atoms with Gasteiger partial charge < -0.3 is 15.5 Å². The first-order valence-electron chi connectivity index (χ1n) is 7.65. The fraction of sp³-hybridized carbons (Fsp3) is 0.167. The van der Waals surface area contributed by atoms with Crippen LogP contribution in [0.25, 0.3) is 0 Å². The van der Waals surface area contributed by atoms with Gasteiger partial charge in [-0.05, 0) is 36.8 Å². The van der Waals surface area contributed by atoms with Crippen LogP contribution < -0.4 is 20.9 Å². The minimum absolute atomic E-state index is 0.00785. The second kappa shape index (κ2) is 9.07. The largest absolute Gasteiger partial charge is 0.484 e. The third-order valence-electron chi connectivity index (χ3n) is 3.06. The topological polar surface area (TPSA) is 92.4 Å². The van der Waals surface area contributed by atoms with E-state index in [1.165, 1.54) is 0 Å². The van der Waals surface area contributed by atoms with Crippen molar-refractivity contribution >= 4 is 17.5 Å². The fourth-order valence-corrected chi connectivity index (χ4v) is 1.93. The minimum Gasteiger partial charge on any atom is -0.484 e. The van der Waals surface area contributed by atoms with E-state index in [2.05, 4.69) is 27.7 Å². The number of carbonyl (C=O) groups is 2. The summed E-state index contributed by atoms with van der Waals surface area (Å²) in [6.45, 7) is 5.49. The maximum absolute atomic E-state index is 11.8. The number of hydrogen-bond acceptors (Lipinski definition) is 5. The van der Waals surface area contributed by atoms with Gasteiger partial charge in [-0.2, -0.15) is 0 Å². The lowest BCUT2D eigenvalue weighted by atomic mass is 10.2. The molecule has 0 atom stereocenters. The van der Waals surface area contributed by atoms with Crippen molar-refractivity contribution in [1.82, 2.24) is 15.8 Å². The Morgan fingerprint density at radius 2 is 2.00 bits per heavy atom. The summed E-state index contributed by atoms with van der Waals surface area (Å²) in [5, 5.41) is 2.67. The lowest BCUT2D eigenvalue weighted by Gasteiger charge is -2.12. The van der Waals surface area contributed by atoms with Crippen molar-refractivity contribution in [3.63, 3.8) is 0 Å². The van der Waals surface area contributed by atoms with E-state index < -0.39 is 0 Å². The number of hydrazine groups is 1. The van der Waals surface area contributed by atoms with E-state index in [1.807, 2.05) is 25.1 Å². The van der Waals surface area contributed by atoms with Crippen molar-refractivity contribution < 1.29 is 14.3 Å². The quantitative estimate of drug-likeness (QED) is 0.639. The molecule has 7 heteroatoms. The molecule has 130 valence electrons. The fourth-order valence-electron chi connectivity index (χ4n) is 1.93. The predicted octanol–water partition coefficient (Wildman–Crippen LogP) is 1.93. The van der Waals surface area contributed by atoms with Gasteiger partial charge in [0.25, 0.3) is 5.91 Å². The number of nitrogens with zero attached hydrogens (tertiary/aromatic N) is 1. The van der Waals surface area contributed by atoms with Gasteiger partial charge in [-0.1, -0.05) is 18.7 Å². The zero-order chi connectivity index (χ0) is 18.1. The van der Waals surface area contributed by atoms with Crippen molar-refractivity contribution in [2.24, 2.45) is 0 Å². The Kier molecular flexibility index (Phi) is 6.53. The number of pyridine rings is 1. The number of nitrogens with one attached hydrogen (secondary N) is 3. The van der Waals surface area contributed by atoms with Crippen LogP contribution in [-0.4, -0.2) is 23.4 Å². The summed E-state index contributed by atoms with van der Waals surface area (Å²) in [5.74, 6) is -0.0316. The SMILES string of the molecule is C=C(CC(=O)Nc1cccnc1)NNC(=O)COc1cccc(C)c1. The average molecular weight is 340 g/mol. The molecular weight excluding hydrogens is 320 g/mol. The van der Waals surface area contributed by atoms with Gasteiger partial charge >= 0.3 is 0 Å². The van der Waals surface area contributed by atoms with Crippen LogP contribution in [0.5, 0.6) is 5.75 Å². The van der Waals surface area contributed by atoms with Gasteiger partial charge in [0.15, 0.2) is 6.61 Å². The number of amides is 2. The van der Waals surface area contributed by atoms with Gasteiger partial charge in [-0.3, -0.25) is 20.0 Å². The standard InChI is InChI=1S/C18H20N4O3/c1-13-5-3-7-16(9-13)25-12-18(24)22-21-14(2)10-17(23)20-15-6-4-8-19-11-15/h3-9,11,21H,2,10,12H2,1H3,(H,20,23)(H,22,24). The molecule has 2 aromatic rings. The summed E-state index contributed by atoms with van der Waals surface area (Å²) in [4.78, 5) is 27.5. The molecule has 2 rings (SSSR count). The highest BCUT2D eigenvalue weighted by atomic mass is 16.5. The zero-order valence-corrected chi connectivity index (χ0v) is 13.9. The number of hydrogen-bond donors (Lipinski definition) is 3. The number of aromatic nitrogens is 1. The van der Waals surface area contributed by atoms with Gasteiger partial charge in [0.2, 0.25) is 5.91 Å². The summed E-state index contributed by atoms with van der Waals surface area (Å²) < 4.78 is 5.37. The van der Waals surface area contributed by atoms with Crippen molar-refractivity contribution in [2.75, 3.05) is 11.9 Å². The molecule has 0 saturated carbocycles. The van der Waals surface area contributed by atoms with Crippen molar-refractivity contribution in [3.05, 3.63) is 66.6 Å². The van der Waals surface area contributed by atoms with E-state index in [0.717, 1.165) is 5.56 Å². The van der Waals surface area contributed by atoms with Gasteiger partial charge in [0.1, 0.15) is 5.75 Å². The Hall–Kier alpha value is -3.35. The normalized spacial score (nSPS) is 9.80. The monoisotopic (exact) mass is 340 g/mol. The average Bonchev–Trinajstić information content (AvgIpc) is 2.59. The third kappa shape index (κ3) is 6.74. The summed E-state index contributed by atoms with van der Waals surface area (Å²) in [7, 11) is 0. The molecule has 0 bridgehead atoms.